The largest absolute Gasteiger partial charge is 0.390 e. The van der Waals surface area contributed by atoms with E-state index in [9.17, 15) is 5.11 Å². The van der Waals surface area contributed by atoms with Crippen LogP contribution in [0.15, 0.2) is 195 Å². The quantitative estimate of drug-likeness (QED) is 0.0559. The Bertz CT molecular complexity index is 2290. The summed E-state index contributed by atoms with van der Waals surface area (Å²) in [6.45, 7) is 5.80. The van der Waals surface area contributed by atoms with Crippen molar-refractivity contribution in [2.45, 2.75) is 101 Å². The first-order valence-electron chi connectivity index (χ1n) is 23.2. The molecule has 8 rings (SSSR count). The molecule has 1 aliphatic carbocycles. The van der Waals surface area contributed by atoms with Gasteiger partial charge in [-0.15, -0.1) is 6.58 Å². The molecule has 0 radical (unpaired) electrons. The molecule has 0 spiro atoms. The van der Waals surface area contributed by atoms with E-state index in [2.05, 4.69) is 6.58 Å². The predicted molar refractivity (Wildman–Crippen MR) is 255 cm³/mol. The van der Waals surface area contributed by atoms with Gasteiger partial charge in [0.1, 0.15) is 43.2 Å². The van der Waals surface area contributed by atoms with E-state index in [1.165, 1.54) is 0 Å². The van der Waals surface area contributed by atoms with Crippen molar-refractivity contribution in [2.75, 3.05) is 19.8 Å². The molecule has 0 bridgehead atoms. The fourth-order valence-corrected chi connectivity index (χ4v) is 8.71. The molecule has 67 heavy (non-hydrogen) atoms. The highest BCUT2D eigenvalue weighted by Crippen LogP contribution is 2.43. The van der Waals surface area contributed by atoms with Crippen LogP contribution in [-0.2, 0) is 82.3 Å². The molecule has 1 saturated carbocycles. The topological polar surface area (TPSA) is 103 Å². The minimum atomic E-state index is -1.62. The molecular formula is C57H62O10. The summed E-state index contributed by atoms with van der Waals surface area (Å²) in [4.78, 5) is 0. The Morgan fingerprint density at radius 2 is 0.881 bits per heavy atom. The van der Waals surface area contributed by atoms with E-state index in [-0.39, 0.29) is 59.3 Å². The van der Waals surface area contributed by atoms with Crippen LogP contribution in [0.3, 0.4) is 0 Å². The number of aliphatic hydroxyl groups is 1. The second-order valence-corrected chi connectivity index (χ2v) is 17.0. The van der Waals surface area contributed by atoms with Gasteiger partial charge in [0, 0.05) is 6.42 Å². The molecule has 10 nitrogen and oxygen atoms in total. The zero-order valence-corrected chi connectivity index (χ0v) is 37.9. The van der Waals surface area contributed by atoms with Gasteiger partial charge in [0.25, 0.3) is 0 Å². The number of hydrogen-bond acceptors (Lipinski definition) is 10. The van der Waals surface area contributed by atoms with Gasteiger partial charge in [-0.05, 0) is 33.4 Å². The Kier molecular flexibility index (Phi) is 18.1. The Hall–Kier alpha value is -5.34. The smallest absolute Gasteiger partial charge is 0.222 e. The third kappa shape index (κ3) is 13.6. The molecule has 6 aromatic carbocycles. The van der Waals surface area contributed by atoms with Crippen molar-refractivity contribution in [3.63, 3.8) is 0 Å². The van der Waals surface area contributed by atoms with Crippen LogP contribution in [0, 0.1) is 0 Å². The molecule has 9 atom stereocenters. The lowest BCUT2D eigenvalue weighted by Crippen LogP contribution is -2.63. The van der Waals surface area contributed by atoms with Gasteiger partial charge in [-0.25, -0.2) is 0 Å². The van der Waals surface area contributed by atoms with E-state index in [1.807, 2.05) is 182 Å². The van der Waals surface area contributed by atoms with E-state index in [4.69, 9.17) is 42.6 Å². The summed E-state index contributed by atoms with van der Waals surface area (Å²) in [6, 6.07) is 59.9. The summed E-state index contributed by atoms with van der Waals surface area (Å²) in [5, 5.41) is 12.2. The number of rotatable bonds is 25. The van der Waals surface area contributed by atoms with Crippen molar-refractivity contribution in [1.29, 1.82) is 0 Å². The minimum Gasteiger partial charge on any atom is -0.390 e. The first-order valence-corrected chi connectivity index (χ1v) is 23.2. The highest BCUT2D eigenvalue weighted by molar-refractivity contribution is 5.19. The van der Waals surface area contributed by atoms with Crippen LogP contribution in [0.25, 0.3) is 0 Å². The SMILES string of the molecule is C=CCO[C@H]1[C@H](OCc2ccccc2)[C@@H](OCc2ccccc2)[C@@H](O[C@]2(COCc3ccccc3)O[C@H](COCc3ccccc3)[C@@H](OCc3ccccc3)[C@@H]2OCc2ccccc2)C[C@H]1O. The molecular weight excluding hydrogens is 845 g/mol. The van der Waals surface area contributed by atoms with Crippen molar-refractivity contribution in [2.24, 2.45) is 0 Å². The van der Waals surface area contributed by atoms with Gasteiger partial charge in [-0.3, -0.25) is 0 Å². The zero-order chi connectivity index (χ0) is 45.9. The average molecular weight is 907 g/mol. The van der Waals surface area contributed by atoms with Crippen LogP contribution in [0.2, 0.25) is 0 Å². The van der Waals surface area contributed by atoms with Crippen LogP contribution in [0.5, 0.6) is 0 Å². The van der Waals surface area contributed by atoms with Gasteiger partial charge in [-0.1, -0.05) is 188 Å². The van der Waals surface area contributed by atoms with E-state index in [0.29, 0.717) is 6.61 Å². The Balaban J connectivity index is 1.19. The van der Waals surface area contributed by atoms with Crippen LogP contribution >= 0.6 is 0 Å². The van der Waals surface area contributed by atoms with Gasteiger partial charge in [0.15, 0.2) is 0 Å². The van der Waals surface area contributed by atoms with Crippen molar-refractivity contribution in [3.05, 3.63) is 228 Å². The Morgan fingerprint density at radius 3 is 1.34 bits per heavy atom. The highest BCUT2D eigenvalue weighted by atomic mass is 16.8. The summed E-state index contributed by atoms with van der Waals surface area (Å²) < 4.78 is 62.0. The van der Waals surface area contributed by atoms with Crippen LogP contribution in [0.1, 0.15) is 39.8 Å². The summed E-state index contributed by atoms with van der Waals surface area (Å²) in [5.41, 5.74) is 5.87. The molecule has 1 saturated heterocycles. The standard InChI is InChI=1S/C57H62O10/c1-2-33-61-52-49(58)34-50(53(62-37-45-25-13-5-14-26-45)55(52)64-39-47-29-17-7-18-30-47)66-57(42-60-36-44-23-11-4-12-24-44)56(65-40-48-31-19-8-20-32-48)54(63-38-46-27-15-6-16-28-46)51(67-57)41-59-35-43-21-9-3-10-22-43/h2-32,49-56,58H,1,33-42H2/t49-,50+,51-,52-,53+,54-,55+,56+,57-/m1/s1. The molecule has 0 amide bonds. The van der Waals surface area contributed by atoms with Crippen LogP contribution < -0.4 is 0 Å². The Morgan fingerprint density at radius 1 is 0.478 bits per heavy atom. The third-order valence-corrected chi connectivity index (χ3v) is 12.0. The molecule has 2 fully saturated rings. The first kappa shape index (κ1) is 48.1. The van der Waals surface area contributed by atoms with Gasteiger partial charge in [0.05, 0.1) is 65.1 Å². The first-order chi connectivity index (χ1) is 33.1. The maximum absolute atomic E-state index is 12.2. The normalized spacial score (nSPS) is 24.9. The average Bonchev–Trinajstić information content (AvgIpc) is 3.66. The van der Waals surface area contributed by atoms with E-state index in [1.54, 1.807) is 6.08 Å². The molecule has 350 valence electrons. The molecule has 1 heterocycles. The Labute approximate surface area is 394 Å². The molecule has 2 aliphatic rings. The monoisotopic (exact) mass is 906 g/mol. The summed E-state index contributed by atoms with van der Waals surface area (Å²) in [5.74, 6) is -1.62. The second kappa shape index (κ2) is 25.1. The molecule has 1 N–H and O–H groups in total. The van der Waals surface area contributed by atoms with Crippen molar-refractivity contribution >= 4 is 0 Å². The fraction of sp³-hybridized carbons (Fsp3) is 0.333. The van der Waals surface area contributed by atoms with Crippen LogP contribution in [0.4, 0.5) is 0 Å². The van der Waals surface area contributed by atoms with Crippen molar-refractivity contribution < 1.29 is 47.7 Å². The highest BCUT2D eigenvalue weighted by Gasteiger charge is 2.61. The van der Waals surface area contributed by atoms with Crippen molar-refractivity contribution in [1.82, 2.24) is 0 Å². The summed E-state index contributed by atoms with van der Waals surface area (Å²) >= 11 is 0. The molecule has 0 aromatic heterocycles. The number of aliphatic hydroxyl groups excluding tert-OH is 1. The number of hydrogen-bond donors (Lipinski definition) is 1. The lowest BCUT2D eigenvalue weighted by molar-refractivity contribution is -0.338. The second-order valence-electron chi connectivity index (χ2n) is 17.0. The van der Waals surface area contributed by atoms with Gasteiger partial charge < -0.3 is 47.7 Å². The molecule has 1 aliphatic heterocycles. The molecule has 10 heteroatoms. The number of ether oxygens (including phenoxy) is 9. The molecule has 0 unspecified atom stereocenters. The summed E-state index contributed by atoms with van der Waals surface area (Å²) in [6.07, 6.45) is -4.67. The van der Waals surface area contributed by atoms with Crippen molar-refractivity contribution in [3.8, 4) is 0 Å². The number of benzene rings is 6. The third-order valence-electron chi connectivity index (χ3n) is 12.0. The van der Waals surface area contributed by atoms with E-state index >= 15 is 0 Å². The van der Waals surface area contributed by atoms with Gasteiger partial charge >= 0.3 is 0 Å². The maximum Gasteiger partial charge on any atom is 0.222 e. The zero-order valence-electron chi connectivity index (χ0n) is 37.9. The minimum absolute atomic E-state index is 0.0638. The van der Waals surface area contributed by atoms with E-state index < -0.39 is 54.6 Å². The lowest BCUT2D eigenvalue weighted by atomic mass is 9.86. The van der Waals surface area contributed by atoms with E-state index in [0.717, 1.165) is 33.4 Å². The lowest BCUT2D eigenvalue weighted by Gasteiger charge is -2.47. The molecule has 6 aromatic rings. The maximum atomic E-state index is 12.2. The predicted octanol–water partition coefficient (Wildman–Crippen LogP) is 9.58. The van der Waals surface area contributed by atoms with Gasteiger partial charge in [0.2, 0.25) is 5.79 Å². The fourth-order valence-electron chi connectivity index (χ4n) is 8.71. The summed E-state index contributed by atoms with van der Waals surface area (Å²) in [7, 11) is 0. The van der Waals surface area contributed by atoms with Crippen LogP contribution in [-0.4, -0.2) is 79.5 Å². The van der Waals surface area contributed by atoms with Gasteiger partial charge in [-0.2, -0.15) is 0 Å².